The van der Waals surface area contributed by atoms with Crippen molar-refractivity contribution in [2.75, 3.05) is 0 Å². The van der Waals surface area contributed by atoms with E-state index < -0.39 is 5.91 Å². The van der Waals surface area contributed by atoms with E-state index in [1.54, 1.807) is 11.7 Å². The van der Waals surface area contributed by atoms with Crippen LogP contribution in [-0.2, 0) is 11.2 Å². The van der Waals surface area contributed by atoms with Crippen LogP contribution >= 0.6 is 0 Å². The molecular formula is C18H20N6O2. The number of hydrogen-bond donors (Lipinski definition) is 3. The van der Waals surface area contributed by atoms with Gasteiger partial charge in [0.2, 0.25) is 0 Å². The number of hydroxylamine groups is 1. The van der Waals surface area contributed by atoms with Gasteiger partial charge in [-0.1, -0.05) is 0 Å². The smallest absolute Gasteiger partial charge is 0.250 e. The number of pyridine rings is 1. The predicted molar refractivity (Wildman–Crippen MR) is 94.2 cm³/mol. The SMILES string of the molecule is N#CCC1CCC(n2c(CC(=O)NO)nc3cnc4[nH]ccc4c32)CC1. The Labute approximate surface area is 149 Å². The average molecular weight is 352 g/mol. The number of aromatic nitrogens is 4. The molecule has 1 saturated carbocycles. The van der Waals surface area contributed by atoms with E-state index in [9.17, 15) is 4.79 Å². The summed E-state index contributed by atoms with van der Waals surface area (Å²) < 4.78 is 2.14. The van der Waals surface area contributed by atoms with Gasteiger partial charge in [-0.2, -0.15) is 5.26 Å². The second-order valence-corrected chi connectivity index (χ2v) is 6.88. The summed E-state index contributed by atoms with van der Waals surface area (Å²) in [4.78, 5) is 23.9. The molecule has 26 heavy (non-hydrogen) atoms. The number of nitrogens with one attached hydrogen (secondary N) is 2. The molecule has 1 aliphatic carbocycles. The molecular weight excluding hydrogens is 332 g/mol. The summed E-state index contributed by atoms with van der Waals surface area (Å²) in [7, 11) is 0. The number of nitrogens with zero attached hydrogens (tertiary/aromatic N) is 4. The van der Waals surface area contributed by atoms with Crippen LogP contribution in [0.1, 0.15) is 44.0 Å². The van der Waals surface area contributed by atoms with Gasteiger partial charge in [0.05, 0.1) is 24.2 Å². The van der Waals surface area contributed by atoms with Gasteiger partial charge in [0, 0.05) is 24.0 Å². The van der Waals surface area contributed by atoms with Gasteiger partial charge in [0.15, 0.2) is 0 Å². The molecule has 4 rings (SSSR count). The maximum absolute atomic E-state index is 11.8. The normalized spacial score (nSPS) is 20.3. The van der Waals surface area contributed by atoms with E-state index in [0.29, 0.717) is 18.2 Å². The Morgan fingerprint density at radius 1 is 1.42 bits per heavy atom. The Hall–Kier alpha value is -2.92. The number of hydrogen-bond acceptors (Lipinski definition) is 5. The fraction of sp³-hybridized carbons (Fsp3) is 0.444. The highest BCUT2D eigenvalue weighted by molar-refractivity contribution is 6.01. The van der Waals surface area contributed by atoms with E-state index >= 15 is 0 Å². The van der Waals surface area contributed by atoms with Crippen molar-refractivity contribution in [1.29, 1.82) is 5.26 Å². The zero-order valence-electron chi connectivity index (χ0n) is 14.3. The molecule has 0 spiro atoms. The van der Waals surface area contributed by atoms with Crippen molar-refractivity contribution in [3.8, 4) is 6.07 Å². The highest BCUT2D eigenvalue weighted by atomic mass is 16.5. The summed E-state index contributed by atoms with van der Waals surface area (Å²) in [5.41, 5.74) is 4.20. The number of fused-ring (bicyclic) bond motifs is 3. The standard InChI is InChI=1S/C18H20N6O2/c19-7-5-11-1-3-12(4-2-11)24-15(9-16(25)23-26)22-14-10-21-18-13(17(14)24)6-8-20-18/h6,8,10-12,26H,1-5,9H2,(H,20,21)(H,23,25). The van der Waals surface area contributed by atoms with Gasteiger partial charge >= 0.3 is 0 Å². The summed E-state index contributed by atoms with van der Waals surface area (Å²) in [6, 6.07) is 4.46. The molecule has 0 aliphatic heterocycles. The minimum atomic E-state index is -0.488. The van der Waals surface area contributed by atoms with Crippen LogP contribution in [0.3, 0.4) is 0 Å². The minimum absolute atomic E-state index is 0.00915. The summed E-state index contributed by atoms with van der Waals surface area (Å²) in [5.74, 6) is 0.591. The van der Waals surface area contributed by atoms with Crippen LogP contribution in [0.2, 0.25) is 0 Å². The Kier molecular flexibility index (Phi) is 4.31. The van der Waals surface area contributed by atoms with Gasteiger partial charge in [-0.05, 0) is 37.7 Å². The molecule has 0 atom stereocenters. The Bertz CT molecular complexity index is 990. The third-order valence-electron chi connectivity index (χ3n) is 5.31. The predicted octanol–water partition coefficient (Wildman–Crippen LogP) is 2.61. The molecule has 3 aromatic rings. The molecule has 1 amide bonds. The van der Waals surface area contributed by atoms with Crippen molar-refractivity contribution in [2.24, 2.45) is 5.92 Å². The Balaban J connectivity index is 1.79. The van der Waals surface area contributed by atoms with Gasteiger partial charge in [-0.15, -0.1) is 0 Å². The van der Waals surface area contributed by atoms with Crippen molar-refractivity contribution in [3.63, 3.8) is 0 Å². The van der Waals surface area contributed by atoms with E-state index in [0.717, 1.165) is 47.8 Å². The van der Waals surface area contributed by atoms with E-state index in [1.807, 2.05) is 12.3 Å². The van der Waals surface area contributed by atoms with Crippen LogP contribution in [0.15, 0.2) is 18.5 Å². The number of H-pyrrole nitrogens is 1. The monoisotopic (exact) mass is 352 g/mol. The molecule has 0 unspecified atom stereocenters. The summed E-state index contributed by atoms with van der Waals surface area (Å²) in [6.07, 6.45) is 8.04. The second kappa shape index (κ2) is 6.77. The molecule has 3 heterocycles. The first-order chi connectivity index (χ1) is 12.7. The zero-order valence-corrected chi connectivity index (χ0v) is 14.3. The van der Waals surface area contributed by atoms with Crippen LogP contribution in [0.5, 0.6) is 0 Å². The van der Waals surface area contributed by atoms with Crippen LogP contribution in [0.4, 0.5) is 0 Å². The molecule has 3 N–H and O–H groups in total. The van der Waals surface area contributed by atoms with E-state index in [4.69, 9.17) is 10.5 Å². The van der Waals surface area contributed by atoms with E-state index in [-0.39, 0.29) is 12.5 Å². The van der Waals surface area contributed by atoms with Crippen LogP contribution in [0.25, 0.3) is 22.1 Å². The molecule has 1 aliphatic rings. The lowest BCUT2D eigenvalue weighted by atomic mass is 9.84. The third-order valence-corrected chi connectivity index (χ3v) is 5.31. The lowest BCUT2D eigenvalue weighted by Crippen LogP contribution is -2.25. The molecule has 134 valence electrons. The molecule has 8 nitrogen and oxygen atoms in total. The summed E-state index contributed by atoms with van der Waals surface area (Å²) in [5, 5.41) is 18.8. The van der Waals surface area contributed by atoms with Crippen LogP contribution in [-0.4, -0.2) is 30.6 Å². The average Bonchev–Trinajstić information content (AvgIpc) is 3.26. The van der Waals surface area contributed by atoms with Gasteiger partial charge < -0.3 is 9.55 Å². The number of nitriles is 1. The van der Waals surface area contributed by atoms with Crippen LogP contribution in [0, 0.1) is 17.2 Å². The number of carbonyl (C=O) groups is 1. The highest BCUT2D eigenvalue weighted by Gasteiger charge is 2.27. The number of aromatic amines is 1. The summed E-state index contributed by atoms with van der Waals surface area (Å²) >= 11 is 0. The lowest BCUT2D eigenvalue weighted by Gasteiger charge is -2.29. The lowest BCUT2D eigenvalue weighted by molar-refractivity contribution is -0.128. The zero-order chi connectivity index (χ0) is 18.1. The van der Waals surface area contributed by atoms with Gasteiger partial charge in [0.25, 0.3) is 5.91 Å². The van der Waals surface area contributed by atoms with E-state index in [1.165, 1.54) is 0 Å². The molecule has 0 radical (unpaired) electrons. The van der Waals surface area contributed by atoms with Crippen molar-refractivity contribution in [1.82, 2.24) is 25.0 Å². The first-order valence-electron chi connectivity index (χ1n) is 8.84. The fourth-order valence-electron chi connectivity index (χ4n) is 4.08. The molecule has 3 aromatic heterocycles. The van der Waals surface area contributed by atoms with Crippen molar-refractivity contribution < 1.29 is 10.0 Å². The Morgan fingerprint density at radius 3 is 2.96 bits per heavy atom. The first-order valence-corrected chi connectivity index (χ1v) is 8.84. The van der Waals surface area contributed by atoms with Gasteiger partial charge in [0.1, 0.15) is 17.0 Å². The summed E-state index contributed by atoms with van der Waals surface area (Å²) in [6.45, 7) is 0. The third kappa shape index (κ3) is 2.80. The topological polar surface area (TPSA) is 120 Å². The Morgan fingerprint density at radius 2 is 2.23 bits per heavy atom. The van der Waals surface area contributed by atoms with Gasteiger partial charge in [-0.3, -0.25) is 10.0 Å². The number of carbonyl (C=O) groups excluding carboxylic acids is 1. The molecule has 0 bridgehead atoms. The molecule has 8 heteroatoms. The number of amides is 1. The molecule has 0 aromatic carbocycles. The second-order valence-electron chi connectivity index (χ2n) is 6.88. The fourth-order valence-corrected chi connectivity index (χ4v) is 4.08. The number of imidazole rings is 1. The van der Waals surface area contributed by atoms with Crippen molar-refractivity contribution >= 4 is 28.0 Å². The number of rotatable bonds is 4. The van der Waals surface area contributed by atoms with Crippen molar-refractivity contribution in [2.45, 2.75) is 44.6 Å². The quantitative estimate of drug-likeness (QED) is 0.492. The minimum Gasteiger partial charge on any atom is -0.346 e. The van der Waals surface area contributed by atoms with E-state index in [2.05, 4.69) is 25.6 Å². The maximum atomic E-state index is 11.8. The van der Waals surface area contributed by atoms with Gasteiger partial charge in [-0.25, -0.2) is 15.4 Å². The van der Waals surface area contributed by atoms with Crippen LogP contribution < -0.4 is 5.48 Å². The molecule has 1 fully saturated rings. The highest BCUT2D eigenvalue weighted by Crippen LogP contribution is 2.37. The molecule has 0 saturated heterocycles. The first kappa shape index (κ1) is 16.5. The maximum Gasteiger partial charge on any atom is 0.250 e. The van der Waals surface area contributed by atoms with Crippen molar-refractivity contribution in [3.05, 3.63) is 24.3 Å². The largest absolute Gasteiger partial charge is 0.346 e.